The molecule has 26 heavy (non-hydrogen) atoms. The summed E-state index contributed by atoms with van der Waals surface area (Å²) in [5.74, 6) is -0.240. The molecule has 1 N–H and O–H groups in total. The number of fused-ring (bicyclic) bond motifs is 1. The molecule has 0 radical (unpaired) electrons. The zero-order valence-corrected chi connectivity index (χ0v) is 15.6. The SMILES string of the molecule is CCCc1c(/C=C/c2cccc(C)c2)oc2ccc(C(=O)O)cc2c1=S. The van der Waals surface area contributed by atoms with E-state index in [9.17, 15) is 9.90 Å². The molecule has 0 spiro atoms. The first-order valence-electron chi connectivity index (χ1n) is 8.57. The molecule has 0 atom stereocenters. The molecule has 3 aromatic rings. The van der Waals surface area contributed by atoms with Gasteiger partial charge in [0.05, 0.1) is 10.1 Å². The van der Waals surface area contributed by atoms with Gasteiger partial charge in [-0.1, -0.05) is 61.5 Å². The van der Waals surface area contributed by atoms with Crippen molar-refractivity contribution in [3.05, 3.63) is 75.0 Å². The number of rotatable bonds is 5. The Morgan fingerprint density at radius 2 is 2.00 bits per heavy atom. The maximum atomic E-state index is 11.2. The molecule has 0 amide bonds. The number of carboxylic acids is 1. The maximum absolute atomic E-state index is 11.2. The van der Waals surface area contributed by atoms with Crippen LogP contribution in [0.15, 0.2) is 46.9 Å². The maximum Gasteiger partial charge on any atom is 0.335 e. The van der Waals surface area contributed by atoms with Gasteiger partial charge in [0.25, 0.3) is 0 Å². The normalized spacial score (nSPS) is 11.3. The van der Waals surface area contributed by atoms with Crippen molar-refractivity contribution < 1.29 is 14.3 Å². The quantitative estimate of drug-likeness (QED) is 0.540. The molecule has 0 saturated carbocycles. The van der Waals surface area contributed by atoms with Crippen molar-refractivity contribution >= 4 is 41.3 Å². The number of benzene rings is 2. The minimum atomic E-state index is -0.971. The van der Waals surface area contributed by atoms with Crippen molar-refractivity contribution in [2.45, 2.75) is 26.7 Å². The lowest BCUT2D eigenvalue weighted by molar-refractivity contribution is 0.0697. The van der Waals surface area contributed by atoms with E-state index in [1.54, 1.807) is 12.1 Å². The van der Waals surface area contributed by atoms with Gasteiger partial charge in [-0.25, -0.2) is 4.79 Å². The molecule has 3 nitrogen and oxygen atoms in total. The average molecular weight is 364 g/mol. The minimum absolute atomic E-state index is 0.212. The van der Waals surface area contributed by atoms with Gasteiger partial charge in [0.2, 0.25) is 0 Å². The molecule has 2 aromatic carbocycles. The Kier molecular flexibility index (Phi) is 5.33. The molecule has 0 aliphatic rings. The number of aromatic carboxylic acids is 1. The molecular weight excluding hydrogens is 344 g/mol. The summed E-state index contributed by atoms with van der Waals surface area (Å²) in [6.45, 7) is 4.14. The summed E-state index contributed by atoms with van der Waals surface area (Å²) in [5, 5.41) is 9.90. The zero-order valence-electron chi connectivity index (χ0n) is 14.8. The van der Waals surface area contributed by atoms with Gasteiger partial charge in [0.1, 0.15) is 11.3 Å². The van der Waals surface area contributed by atoms with Crippen LogP contribution in [0.1, 0.15) is 46.2 Å². The number of hydrogen-bond acceptors (Lipinski definition) is 3. The van der Waals surface area contributed by atoms with Crippen LogP contribution in [0, 0.1) is 11.4 Å². The summed E-state index contributed by atoms with van der Waals surface area (Å²) < 4.78 is 6.73. The lowest BCUT2D eigenvalue weighted by Gasteiger charge is -2.09. The lowest BCUT2D eigenvalue weighted by Crippen LogP contribution is -1.97. The van der Waals surface area contributed by atoms with Crippen molar-refractivity contribution in [2.24, 2.45) is 0 Å². The number of carbonyl (C=O) groups is 1. The summed E-state index contributed by atoms with van der Waals surface area (Å²) in [6, 6.07) is 13.0. The molecule has 0 saturated heterocycles. The Balaban J connectivity index is 2.15. The molecule has 0 unspecified atom stereocenters. The number of aryl methyl sites for hydroxylation is 1. The van der Waals surface area contributed by atoms with Crippen LogP contribution in [0.4, 0.5) is 0 Å². The van der Waals surface area contributed by atoms with Crippen LogP contribution in [0.2, 0.25) is 0 Å². The highest BCUT2D eigenvalue weighted by Gasteiger charge is 2.12. The second-order valence-electron chi connectivity index (χ2n) is 6.29. The van der Waals surface area contributed by atoms with Gasteiger partial charge in [-0.2, -0.15) is 0 Å². The molecule has 1 aromatic heterocycles. The van der Waals surface area contributed by atoms with Crippen molar-refractivity contribution in [2.75, 3.05) is 0 Å². The van der Waals surface area contributed by atoms with E-state index in [0.29, 0.717) is 15.5 Å². The summed E-state index contributed by atoms with van der Waals surface area (Å²) in [4.78, 5) is 11.2. The van der Waals surface area contributed by atoms with Gasteiger partial charge in [0.15, 0.2) is 0 Å². The van der Waals surface area contributed by atoms with Gasteiger partial charge >= 0.3 is 5.97 Å². The van der Waals surface area contributed by atoms with Crippen molar-refractivity contribution in [1.82, 2.24) is 0 Å². The summed E-state index contributed by atoms with van der Waals surface area (Å²) in [5.41, 5.74) is 4.05. The Bertz CT molecular complexity index is 1060. The van der Waals surface area contributed by atoms with E-state index in [1.165, 1.54) is 11.6 Å². The number of carboxylic acid groups (broad SMARTS) is 1. The second-order valence-corrected chi connectivity index (χ2v) is 6.70. The van der Waals surface area contributed by atoms with E-state index in [1.807, 2.05) is 24.3 Å². The largest absolute Gasteiger partial charge is 0.478 e. The number of hydrogen-bond donors (Lipinski definition) is 1. The first-order valence-corrected chi connectivity index (χ1v) is 8.98. The molecule has 0 bridgehead atoms. The first kappa shape index (κ1) is 18.1. The van der Waals surface area contributed by atoms with Crippen LogP contribution in [-0.2, 0) is 6.42 Å². The Hall–Kier alpha value is -2.72. The van der Waals surface area contributed by atoms with E-state index in [0.717, 1.165) is 29.7 Å². The van der Waals surface area contributed by atoms with Crippen LogP contribution >= 0.6 is 12.2 Å². The highest BCUT2D eigenvalue weighted by Crippen LogP contribution is 2.27. The third kappa shape index (κ3) is 3.75. The third-order valence-corrected chi connectivity index (χ3v) is 4.70. The van der Waals surface area contributed by atoms with E-state index >= 15 is 0 Å². The van der Waals surface area contributed by atoms with Gasteiger partial charge in [-0.15, -0.1) is 0 Å². The van der Waals surface area contributed by atoms with Crippen LogP contribution in [0.25, 0.3) is 23.1 Å². The topological polar surface area (TPSA) is 50.4 Å². The highest BCUT2D eigenvalue weighted by atomic mass is 32.1. The molecule has 0 aliphatic heterocycles. The summed E-state index contributed by atoms with van der Waals surface area (Å²) in [6.07, 6.45) is 5.66. The van der Waals surface area contributed by atoms with Crippen LogP contribution < -0.4 is 0 Å². The van der Waals surface area contributed by atoms with Gasteiger partial charge in [-0.3, -0.25) is 0 Å². The van der Waals surface area contributed by atoms with Crippen LogP contribution in [-0.4, -0.2) is 11.1 Å². The minimum Gasteiger partial charge on any atom is -0.478 e. The van der Waals surface area contributed by atoms with E-state index in [2.05, 4.69) is 26.0 Å². The fourth-order valence-corrected chi connectivity index (χ4v) is 3.31. The van der Waals surface area contributed by atoms with E-state index in [-0.39, 0.29) is 5.56 Å². The Morgan fingerprint density at radius 3 is 2.69 bits per heavy atom. The zero-order chi connectivity index (χ0) is 18.7. The molecule has 0 aliphatic carbocycles. The predicted octanol–water partition coefficient (Wildman–Crippen LogP) is 6.29. The fraction of sp³-hybridized carbons (Fsp3) is 0.182. The van der Waals surface area contributed by atoms with Crippen LogP contribution in [0.5, 0.6) is 0 Å². The summed E-state index contributed by atoms with van der Waals surface area (Å²) in [7, 11) is 0. The molecule has 3 rings (SSSR count). The van der Waals surface area contributed by atoms with Gasteiger partial charge < -0.3 is 9.52 Å². The Labute approximate surface area is 157 Å². The highest BCUT2D eigenvalue weighted by molar-refractivity contribution is 7.71. The molecule has 132 valence electrons. The van der Waals surface area contributed by atoms with Crippen LogP contribution in [0.3, 0.4) is 0 Å². The standard InChI is InChI=1S/C22H20O3S/c1-3-5-17-19(10-8-15-7-4-6-14(2)12-15)25-20-11-9-16(22(23)24)13-18(20)21(17)26/h4,6-13H,3,5H2,1-2H3,(H,23,24)/b10-8+. The Morgan fingerprint density at radius 1 is 1.19 bits per heavy atom. The molecule has 1 heterocycles. The summed E-state index contributed by atoms with van der Waals surface area (Å²) >= 11 is 5.66. The van der Waals surface area contributed by atoms with E-state index in [4.69, 9.17) is 16.6 Å². The predicted molar refractivity (Wildman–Crippen MR) is 108 cm³/mol. The average Bonchev–Trinajstić information content (AvgIpc) is 2.62. The third-order valence-electron chi connectivity index (χ3n) is 4.23. The van der Waals surface area contributed by atoms with Gasteiger partial charge in [-0.05, 0) is 43.2 Å². The monoisotopic (exact) mass is 364 g/mol. The lowest BCUT2D eigenvalue weighted by atomic mass is 10.0. The van der Waals surface area contributed by atoms with E-state index < -0.39 is 5.97 Å². The second kappa shape index (κ2) is 7.67. The fourth-order valence-electron chi connectivity index (χ4n) is 2.95. The van der Waals surface area contributed by atoms with Crippen molar-refractivity contribution in [1.29, 1.82) is 0 Å². The van der Waals surface area contributed by atoms with Gasteiger partial charge in [0, 0.05) is 10.9 Å². The smallest absolute Gasteiger partial charge is 0.335 e. The molecule has 0 fully saturated rings. The molecule has 4 heteroatoms. The first-order chi connectivity index (χ1) is 12.5. The van der Waals surface area contributed by atoms with Crippen molar-refractivity contribution in [3.63, 3.8) is 0 Å². The molecular formula is C22H20O3S. The van der Waals surface area contributed by atoms with Crippen molar-refractivity contribution in [3.8, 4) is 0 Å².